The SMILES string of the molecule is COc1cccc([C@H]2N(c3ccccc3)C[C@]3(c4ccccc4)N(c4ccccc4)C(=O)ON23)c1OC. The third kappa shape index (κ3) is 3.50. The molecule has 1 amide bonds. The van der Waals surface area contributed by atoms with Crippen molar-refractivity contribution in [3.05, 3.63) is 120 Å². The van der Waals surface area contributed by atoms with E-state index in [-0.39, 0.29) is 0 Å². The molecule has 4 aromatic rings. The number of benzene rings is 4. The molecule has 2 aliphatic heterocycles. The maximum atomic E-state index is 13.7. The molecule has 4 aromatic carbocycles. The van der Waals surface area contributed by atoms with Gasteiger partial charge in [0.15, 0.2) is 17.2 Å². The second-order valence-electron chi connectivity index (χ2n) is 8.96. The molecule has 0 unspecified atom stereocenters. The molecular formula is C30H27N3O4. The Morgan fingerprint density at radius 3 is 2.00 bits per heavy atom. The highest BCUT2D eigenvalue weighted by Crippen LogP contribution is 2.55. The Balaban J connectivity index is 1.62. The summed E-state index contributed by atoms with van der Waals surface area (Å²) in [6.07, 6.45) is -0.931. The fraction of sp³-hybridized carbons (Fsp3) is 0.167. The van der Waals surface area contributed by atoms with Gasteiger partial charge < -0.3 is 19.2 Å². The van der Waals surface area contributed by atoms with Crippen LogP contribution in [0, 0.1) is 0 Å². The molecule has 2 saturated heterocycles. The van der Waals surface area contributed by atoms with Crippen molar-refractivity contribution in [2.45, 2.75) is 11.8 Å². The molecule has 0 saturated carbocycles. The molecule has 7 nitrogen and oxygen atoms in total. The number of carbonyl (C=O) groups is 1. The van der Waals surface area contributed by atoms with Crippen LogP contribution in [0.1, 0.15) is 17.3 Å². The number of rotatable bonds is 6. The van der Waals surface area contributed by atoms with Gasteiger partial charge >= 0.3 is 6.09 Å². The number of carbonyl (C=O) groups excluding carboxylic acids is 1. The van der Waals surface area contributed by atoms with Gasteiger partial charge in [0.2, 0.25) is 0 Å². The van der Waals surface area contributed by atoms with Crippen LogP contribution in [-0.2, 0) is 10.5 Å². The summed E-state index contributed by atoms with van der Waals surface area (Å²) in [7, 11) is 3.24. The molecule has 2 heterocycles. The van der Waals surface area contributed by atoms with Gasteiger partial charge in [0.25, 0.3) is 0 Å². The number of nitrogens with zero attached hydrogens (tertiary/aromatic N) is 3. The molecule has 0 bridgehead atoms. The Bertz CT molecular complexity index is 1400. The number of anilines is 2. The summed E-state index contributed by atoms with van der Waals surface area (Å²) in [6, 6.07) is 35.6. The summed E-state index contributed by atoms with van der Waals surface area (Å²) in [5.41, 5.74) is 2.56. The third-order valence-electron chi connectivity index (χ3n) is 7.05. The minimum absolute atomic E-state index is 0.436. The van der Waals surface area contributed by atoms with Gasteiger partial charge in [-0.1, -0.05) is 83.9 Å². The monoisotopic (exact) mass is 493 g/mol. The summed E-state index contributed by atoms with van der Waals surface area (Å²) in [6.45, 7) is 0.451. The van der Waals surface area contributed by atoms with Gasteiger partial charge in [-0.3, -0.25) is 0 Å². The highest BCUT2D eigenvalue weighted by atomic mass is 16.8. The van der Waals surface area contributed by atoms with Crippen molar-refractivity contribution in [2.75, 3.05) is 30.6 Å². The van der Waals surface area contributed by atoms with Gasteiger partial charge in [-0.15, -0.1) is 0 Å². The first-order chi connectivity index (χ1) is 18.2. The normalized spacial score (nSPS) is 21.0. The minimum atomic E-state index is -0.950. The Morgan fingerprint density at radius 1 is 0.757 bits per heavy atom. The number of para-hydroxylation sites is 3. The van der Waals surface area contributed by atoms with Crippen molar-refractivity contribution in [2.24, 2.45) is 0 Å². The highest BCUT2D eigenvalue weighted by Gasteiger charge is 2.65. The van der Waals surface area contributed by atoms with Crippen molar-refractivity contribution >= 4 is 17.5 Å². The van der Waals surface area contributed by atoms with E-state index in [9.17, 15) is 4.79 Å². The van der Waals surface area contributed by atoms with E-state index in [0.717, 1.165) is 22.5 Å². The third-order valence-corrected chi connectivity index (χ3v) is 7.05. The largest absolute Gasteiger partial charge is 0.493 e. The molecule has 0 radical (unpaired) electrons. The number of amides is 1. The average molecular weight is 494 g/mol. The van der Waals surface area contributed by atoms with Crippen LogP contribution in [0.4, 0.5) is 16.2 Å². The second-order valence-corrected chi connectivity index (χ2v) is 8.96. The molecule has 186 valence electrons. The standard InChI is InChI=1S/C30H27N3O4/c1-35-26-20-12-19-25(27(26)36-2)28-31(23-15-8-4-9-16-23)21-30(22-13-6-3-7-14-22)32(29(34)37-33(28)30)24-17-10-5-11-18-24/h3-20,28H,21H2,1-2H3/t28-,30-/m0/s1. The van der Waals surface area contributed by atoms with E-state index in [4.69, 9.17) is 14.3 Å². The number of hydrogen-bond donors (Lipinski definition) is 0. The summed E-state index contributed by atoms with van der Waals surface area (Å²) in [5.74, 6) is 1.20. The van der Waals surface area contributed by atoms with Gasteiger partial charge in [-0.25, -0.2) is 9.69 Å². The molecule has 0 spiro atoms. The minimum Gasteiger partial charge on any atom is -0.493 e. The van der Waals surface area contributed by atoms with Gasteiger partial charge in [0.1, 0.15) is 6.17 Å². The maximum Gasteiger partial charge on any atom is 0.435 e. The Hall–Kier alpha value is -4.49. The molecular weight excluding hydrogens is 466 g/mol. The first-order valence-corrected chi connectivity index (χ1v) is 12.1. The van der Waals surface area contributed by atoms with E-state index >= 15 is 0 Å². The predicted molar refractivity (Wildman–Crippen MR) is 141 cm³/mol. The number of hydrogen-bond acceptors (Lipinski definition) is 6. The summed E-state index contributed by atoms with van der Waals surface area (Å²) in [5, 5.41) is 1.81. The zero-order chi connectivity index (χ0) is 25.4. The molecule has 37 heavy (non-hydrogen) atoms. The highest BCUT2D eigenvalue weighted by molar-refractivity contribution is 5.92. The summed E-state index contributed by atoms with van der Waals surface area (Å²) >= 11 is 0. The van der Waals surface area contributed by atoms with E-state index in [0.29, 0.717) is 18.0 Å². The fourth-order valence-corrected chi connectivity index (χ4v) is 5.50. The van der Waals surface area contributed by atoms with Crippen molar-refractivity contribution in [3.63, 3.8) is 0 Å². The smallest absolute Gasteiger partial charge is 0.435 e. The van der Waals surface area contributed by atoms with E-state index < -0.39 is 17.9 Å². The fourth-order valence-electron chi connectivity index (χ4n) is 5.50. The Morgan fingerprint density at radius 2 is 1.38 bits per heavy atom. The Labute approximate surface area is 216 Å². The summed E-state index contributed by atoms with van der Waals surface area (Å²) in [4.78, 5) is 23.8. The maximum absolute atomic E-state index is 13.7. The zero-order valence-electron chi connectivity index (χ0n) is 20.7. The first-order valence-electron chi connectivity index (χ1n) is 12.1. The van der Waals surface area contributed by atoms with E-state index in [2.05, 4.69) is 17.0 Å². The van der Waals surface area contributed by atoms with E-state index in [1.807, 2.05) is 102 Å². The quantitative estimate of drug-likeness (QED) is 0.331. The lowest BCUT2D eigenvalue weighted by molar-refractivity contribution is -0.136. The van der Waals surface area contributed by atoms with E-state index in [1.165, 1.54) is 0 Å². The lowest BCUT2D eigenvalue weighted by atomic mass is 9.97. The van der Waals surface area contributed by atoms with Crippen LogP contribution in [0.25, 0.3) is 0 Å². The topological polar surface area (TPSA) is 54.5 Å². The average Bonchev–Trinajstić information content (AvgIpc) is 3.44. The van der Waals surface area contributed by atoms with Crippen LogP contribution < -0.4 is 19.3 Å². The van der Waals surface area contributed by atoms with Crippen molar-refractivity contribution in [1.29, 1.82) is 0 Å². The van der Waals surface area contributed by atoms with Crippen molar-refractivity contribution in [1.82, 2.24) is 5.06 Å². The van der Waals surface area contributed by atoms with Gasteiger partial charge in [-0.05, 0) is 35.9 Å². The van der Waals surface area contributed by atoms with Gasteiger partial charge in [0.05, 0.1) is 20.8 Å². The van der Waals surface area contributed by atoms with Crippen LogP contribution in [0.15, 0.2) is 109 Å². The lowest BCUT2D eigenvalue weighted by Crippen LogP contribution is -2.51. The number of hydroxylamine groups is 2. The number of fused-ring (bicyclic) bond motifs is 1. The van der Waals surface area contributed by atoms with Crippen LogP contribution >= 0.6 is 0 Å². The van der Waals surface area contributed by atoms with Crippen LogP contribution in [0.3, 0.4) is 0 Å². The van der Waals surface area contributed by atoms with Gasteiger partial charge in [-0.2, -0.15) is 0 Å². The zero-order valence-corrected chi connectivity index (χ0v) is 20.7. The van der Waals surface area contributed by atoms with Crippen molar-refractivity contribution < 1.29 is 19.1 Å². The second kappa shape index (κ2) is 9.19. The number of ether oxygens (including phenoxy) is 2. The first kappa shape index (κ1) is 22.9. The predicted octanol–water partition coefficient (Wildman–Crippen LogP) is 5.95. The van der Waals surface area contributed by atoms with Crippen LogP contribution in [0.2, 0.25) is 0 Å². The molecule has 0 aromatic heterocycles. The molecule has 0 N–H and O–H groups in total. The molecule has 0 aliphatic carbocycles. The molecule has 2 aliphatic rings. The molecule has 2 fully saturated rings. The molecule has 7 heteroatoms. The van der Waals surface area contributed by atoms with Gasteiger partial charge in [0, 0.05) is 16.9 Å². The molecule has 6 rings (SSSR count). The molecule has 2 atom stereocenters. The Kier molecular flexibility index (Phi) is 5.70. The number of methoxy groups -OCH3 is 2. The van der Waals surface area contributed by atoms with Crippen molar-refractivity contribution in [3.8, 4) is 11.5 Å². The lowest BCUT2D eigenvalue weighted by Gasteiger charge is -2.35. The van der Waals surface area contributed by atoms with Crippen LogP contribution in [-0.4, -0.2) is 31.9 Å². The van der Waals surface area contributed by atoms with E-state index in [1.54, 1.807) is 19.1 Å². The van der Waals surface area contributed by atoms with Crippen LogP contribution in [0.5, 0.6) is 11.5 Å². The summed E-state index contributed by atoms with van der Waals surface area (Å²) < 4.78 is 11.5.